The number of carbonyl (C=O) groups is 1. The summed E-state index contributed by atoms with van der Waals surface area (Å²) in [5.41, 5.74) is 0.920. The molecule has 0 amide bonds. The molecule has 1 saturated carbocycles. The standard InChI is InChI=1S/C16H26N2O2/c1-12(2)10-13(16(19)20)11-14-8-9-18(17-14)15-6-4-3-5-7-15/h8-9,12-13,15H,3-7,10-11H2,1-2H3,(H,19,20). The Balaban J connectivity index is 1.98. The first-order valence-corrected chi connectivity index (χ1v) is 7.83. The zero-order valence-corrected chi connectivity index (χ0v) is 12.6. The smallest absolute Gasteiger partial charge is 0.306 e. The molecule has 0 aromatic carbocycles. The first-order chi connectivity index (χ1) is 9.56. The van der Waals surface area contributed by atoms with Gasteiger partial charge in [-0.2, -0.15) is 5.10 Å². The molecule has 1 N–H and O–H groups in total. The molecule has 1 fully saturated rings. The largest absolute Gasteiger partial charge is 0.481 e. The average molecular weight is 278 g/mol. The summed E-state index contributed by atoms with van der Waals surface area (Å²) < 4.78 is 2.06. The lowest BCUT2D eigenvalue weighted by Gasteiger charge is -2.21. The van der Waals surface area contributed by atoms with Gasteiger partial charge in [-0.3, -0.25) is 9.48 Å². The molecule has 112 valence electrons. The van der Waals surface area contributed by atoms with Crippen LogP contribution in [0.5, 0.6) is 0 Å². The zero-order chi connectivity index (χ0) is 14.5. The molecule has 1 unspecified atom stereocenters. The number of hydrogen-bond acceptors (Lipinski definition) is 2. The lowest BCUT2D eigenvalue weighted by molar-refractivity contribution is -0.142. The first kappa shape index (κ1) is 15.1. The van der Waals surface area contributed by atoms with Crippen molar-refractivity contribution < 1.29 is 9.90 Å². The summed E-state index contributed by atoms with van der Waals surface area (Å²) in [4.78, 5) is 11.3. The van der Waals surface area contributed by atoms with E-state index in [-0.39, 0.29) is 5.92 Å². The van der Waals surface area contributed by atoms with Crippen LogP contribution >= 0.6 is 0 Å². The second kappa shape index (κ2) is 6.91. The third-order valence-electron chi connectivity index (χ3n) is 4.17. The molecular formula is C16H26N2O2. The number of aromatic nitrogens is 2. The summed E-state index contributed by atoms with van der Waals surface area (Å²) in [6.45, 7) is 4.13. The Bertz CT molecular complexity index is 433. The quantitative estimate of drug-likeness (QED) is 0.863. The predicted octanol–water partition coefficient (Wildman–Crippen LogP) is 3.68. The molecule has 0 radical (unpaired) electrons. The maximum atomic E-state index is 11.3. The summed E-state index contributed by atoms with van der Waals surface area (Å²) >= 11 is 0. The van der Waals surface area contributed by atoms with E-state index in [2.05, 4.69) is 23.6 Å². The van der Waals surface area contributed by atoms with Crippen molar-refractivity contribution in [2.24, 2.45) is 11.8 Å². The summed E-state index contributed by atoms with van der Waals surface area (Å²) in [5, 5.41) is 13.9. The Morgan fingerprint density at radius 3 is 2.70 bits per heavy atom. The fourth-order valence-electron chi connectivity index (χ4n) is 3.13. The molecule has 4 heteroatoms. The number of carboxylic acid groups (broad SMARTS) is 1. The van der Waals surface area contributed by atoms with Crippen molar-refractivity contribution in [3.8, 4) is 0 Å². The molecule has 4 nitrogen and oxygen atoms in total. The van der Waals surface area contributed by atoms with Gasteiger partial charge < -0.3 is 5.11 Å². The molecule has 20 heavy (non-hydrogen) atoms. The van der Waals surface area contributed by atoms with E-state index < -0.39 is 5.97 Å². The van der Waals surface area contributed by atoms with Gasteiger partial charge in [0.05, 0.1) is 17.7 Å². The molecular weight excluding hydrogens is 252 g/mol. The molecule has 1 aromatic rings. The fraction of sp³-hybridized carbons (Fsp3) is 0.750. The van der Waals surface area contributed by atoms with Crippen LogP contribution in [0.15, 0.2) is 12.3 Å². The zero-order valence-electron chi connectivity index (χ0n) is 12.6. The Hall–Kier alpha value is -1.32. The van der Waals surface area contributed by atoms with Crippen LogP contribution in [0.2, 0.25) is 0 Å². The van der Waals surface area contributed by atoms with Gasteiger partial charge in [-0.25, -0.2) is 0 Å². The van der Waals surface area contributed by atoms with Crippen LogP contribution in [0.4, 0.5) is 0 Å². The molecule has 1 aliphatic rings. The molecule has 0 saturated heterocycles. The second-order valence-corrected chi connectivity index (χ2v) is 6.45. The lowest BCUT2D eigenvalue weighted by Crippen LogP contribution is -2.19. The van der Waals surface area contributed by atoms with E-state index in [4.69, 9.17) is 0 Å². The van der Waals surface area contributed by atoms with Gasteiger partial charge in [-0.15, -0.1) is 0 Å². The third-order valence-corrected chi connectivity index (χ3v) is 4.17. The number of aliphatic carboxylic acids is 1. The topological polar surface area (TPSA) is 55.1 Å². The SMILES string of the molecule is CC(C)CC(Cc1ccn(C2CCCCC2)n1)C(=O)O. The maximum absolute atomic E-state index is 11.3. The van der Waals surface area contributed by atoms with Crippen LogP contribution in [-0.2, 0) is 11.2 Å². The molecule has 1 aliphatic carbocycles. The van der Waals surface area contributed by atoms with Gasteiger partial charge in [0.2, 0.25) is 0 Å². The number of carboxylic acids is 1. The Labute approximate surface area is 121 Å². The lowest BCUT2D eigenvalue weighted by atomic mass is 9.93. The van der Waals surface area contributed by atoms with Gasteiger partial charge in [0.15, 0.2) is 0 Å². The van der Waals surface area contributed by atoms with E-state index in [1.165, 1.54) is 32.1 Å². The summed E-state index contributed by atoms with van der Waals surface area (Å²) in [7, 11) is 0. The average Bonchev–Trinajstić information content (AvgIpc) is 2.87. The van der Waals surface area contributed by atoms with E-state index in [9.17, 15) is 9.90 Å². The van der Waals surface area contributed by atoms with E-state index in [0.29, 0.717) is 24.8 Å². The number of nitrogens with zero attached hydrogens (tertiary/aromatic N) is 2. The van der Waals surface area contributed by atoms with Crippen molar-refractivity contribution in [1.29, 1.82) is 0 Å². The highest BCUT2D eigenvalue weighted by molar-refractivity contribution is 5.70. The Morgan fingerprint density at radius 2 is 2.10 bits per heavy atom. The number of rotatable bonds is 6. The Morgan fingerprint density at radius 1 is 1.40 bits per heavy atom. The highest BCUT2D eigenvalue weighted by atomic mass is 16.4. The van der Waals surface area contributed by atoms with Crippen molar-refractivity contribution in [1.82, 2.24) is 9.78 Å². The molecule has 0 spiro atoms. The first-order valence-electron chi connectivity index (χ1n) is 7.83. The predicted molar refractivity (Wildman–Crippen MR) is 78.6 cm³/mol. The number of hydrogen-bond donors (Lipinski definition) is 1. The monoisotopic (exact) mass is 278 g/mol. The highest BCUT2D eigenvalue weighted by Gasteiger charge is 2.22. The summed E-state index contributed by atoms with van der Waals surface area (Å²) in [5.74, 6) is -0.618. The van der Waals surface area contributed by atoms with Crippen LogP contribution < -0.4 is 0 Å². The summed E-state index contributed by atoms with van der Waals surface area (Å²) in [6.07, 6.45) is 9.60. The molecule has 0 aliphatic heterocycles. The van der Waals surface area contributed by atoms with Crippen molar-refractivity contribution in [2.75, 3.05) is 0 Å². The van der Waals surface area contributed by atoms with E-state index >= 15 is 0 Å². The second-order valence-electron chi connectivity index (χ2n) is 6.45. The fourth-order valence-corrected chi connectivity index (χ4v) is 3.13. The normalized spacial score (nSPS) is 18.4. The molecule has 1 aromatic heterocycles. The highest BCUT2D eigenvalue weighted by Crippen LogP contribution is 2.27. The van der Waals surface area contributed by atoms with Crippen molar-refractivity contribution in [3.63, 3.8) is 0 Å². The van der Waals surface area contributed by atoms with Gasteiger partial charge >= 0.3 is 5.97 Å². The minimum atomic E-state index is -0.703. The van der Waals surface area contributed by atoms with E-state index in [1.807, 2.05) is 12.3 Å². The summed E-state index contributed by atoms with van der Waals surface area (Å²) in [6, 6.07) is 2.51. The van der Waals surface area contributed by atoms with Gasteiger partial charge in [-0.05, 0) is 31.2 Å². The van der Waals surface area contributed by atoms with Gasteiger partial charge in [0.1, 0.15) is 0 Å². The van der Waals surface area contributed by atoms with E-state index in [1.54, 1.807) is 0 Å². The molecule has 2 rings (SSSR count). The van der Waals surface area contributed by atoms with Crippen molar-refractivity contribution in [3.05, 3.63) is 18.0 Å². The molecule has 1 heterocycles. The molecule has 1 atom stereocenters. The van der Waals surface area contributed by atoms with Crippen LogP contribution in [0.3, 0.4) is 0 Å². The van der Waals surface area contributed by atoms with Gasteiger partial charge in [-0.1, -0.05) is 33.1 Å². The minimum absolute atomic E-state index is 0.315. The molecule has 0 bridgehead atoms. The van der Waals surface area contributed by atoms with Crippen molar-refractivity contribution in [2.45, 2.75) is 64.8 Å². The van der Waals surface area contributed by atoms with Crippen molar-refractivity contribution >= 4 is 5.97 Å². The van der Waals surface area contributed by atoms with Gasteiger partial charge in [0, 0.05) is 12.6 Å². The Kier molecular flexibility index (Phi) is 5.21. The van der Waals surface area contributed by atoms with Crippen LogP contribution in [0.1, 0.15) is 64.1 Å². The van der Waals surface area contributed by atoms with Crippen LogP contribution in [0, 0.1) is 11.8 Å². The maximum Gasteiger partial charge on any atom is 0.306 e. The van der Waals surface area contributed by atoms with Gasteiger partial charge in [0.25, 0.3) is 0 Å². The third kappa shape index (κ3) is 4.09. The minimum Gasteiger partial charge on any atom is -0.481 e. The van der Waals surface area contributed by atoms with E-state index in [0.717, 1.165) is 5.69 Å². The van der Waals surface area contributed by atoms with Crippen LogP contribution in [-0.4, -0.2) is 20.9 Å². The van der Waals surface area contributed by atoms with Crippen LogP contribution in [0.25, 0.3) is 0 Å².